The molecule has 0 fully saturated rings. The lowest BCUT2D eigenvalue weighted by Crippen LogP contribution is -2.35. The maximum absolute atomic E-state index is 5.92. The summed E-state index contributed by atoms with van der Waals surface area (Å²) in [6.07, 6.45) is 2.47. The molecular weight excluding hydrogens is 204 g/mol. The van der Waals surface area contributed by atoms with E-state index in [1.54, 1.807) is 0 Å². The Morgan fingerprint density at radius 2 is 1.33 bits per heavy atom. The monoisotopic (exact) mass is 230 g/mol. The van der Waals surface area contributed by atoms with Gasteiger partial charge in [-0.05, 0) is 33.6 Å². The summed E-state index contributed by atoms with van der Waals surface area (Å²) in [6.45, 7) is 16.5. The number of rotatable bonds is 7. The SMILES string of the molecule is C=CC(C(C)C)[SiH](OC(C)C)OC(C)C. The normalized spacial score (nSPS) is 14.3. The molecule has 0 aromatic rings. The van der Waals surface area contributed by atoms with Crippen LogP contribution in [0.15, 0.2) is 12.7 Å². The third kappa shape index (κ3) is 6.13. The Bertz CT molecular complexity index is 168. The number of hydrogen-bond acceptors (Lipinski definition) is 2. The molecule has 0 spiro atoms. The van der Waals surface area contributed by atoms with Gasteiger partial charge in [-0.25, -0.2) is 0 Å². The summed E-state index contributed by atoms with van der Waals surface area (Å²) in [5.41, 5.74) is 0.384. The summed E-state index contributed by atoms with van der Waals surface area (Å²) in [5.74, 6) is 0.539. The molecule has 2 nitrogen and oxygen atoms in total. The Balaban J connectivity index is 4.50. The maximum atomic E-state index is 5.92. The van der Waals surface area contributed by atoms with Gasteiger partial charge in [-0.1, -0.05) is 19.9 Å². The first-order chi connectivity index (χ1) is 6.88. The standard InChI is InChI=1S/C12H26O2Si/c1-8-12(9(2)3)15(13-10(4)5)14-11(6)7/h8-12,15H,1H2,2-7H3. The molecule has 90 valence electrons. The molecule has 0 rings (SSSR count). The fourth-order valence-electron chi connectivity index (χ4n) is 1.45. The number of hydrogen-bond donors (Lipinski definition) is 0. The van der Waals surface area contributed by atoms with Crippen molar-refractivity contribution in [1.29, 1.82) is 0 Å². The molecule has 0 heterocycles. The van der Waals surface area contributed by atoms with Gasteiger partial charge in [0.15, 0.2) is 0 Å². The Kier molecular flexibility index (Phi) is 7.14. The summed E-state index contributed by atoms with van der Waals surface area (Å²) in [7, 11) is -1.64. The molecule has 0 aromatic carbocycles. The quantitative estimate of drug-likeness (QED) is 0.494. The molecule has 0 aromatic heterocycles. The van der Waals surface area contributed by atoms with E-state index in [4.69, 9.17) is 8.85 Å². The van der Waals surface area contributed by atoms with Crippen LogP contribution in [0.5, 0.6) is 0 Å². The first kappa shape index (κ1) is 14.9. The van der Waals surface area contributed by atoms with Crippen molar-refractivity contribution in [3.05, 3.63) is 12.7 Å². The van der Waals surface area contributed by atoms with Crippen LogP contribution in [0.25, 0.3) is 0 Å². The van der Waals surface area contributed by atoms with Gasteiger partial charge in [0.25, 0.3) is 0 Å². The summed E-state index contributed by atoms with van der Waals surface area (Å²) < 4.78 is 11.8. The van der Waals surface area contributed by atoms with Crippen LogP contribution in [0.4, 0.5) is 0 Å². The first-order valence-corrected chi connectivity index (χ1v) is 7.42. The summed E-state index contributed by atoms with van der Waals surface area (Å²) in [4.78, 5) is 0. The highest BCUT2D eigenvalue weighted by Crippen LogP contribution is 2.25. The molecule has 0 aliphatic rings. The van der Waals surface area contributed by atoms with E-state index in [-0.39, 0.29) is 12.2 Å². The van der Waals surface area contributed by atoms with E-state index >= 15 is 0 Å². The van der Waals surface area contributed by atoms with E-state index in [1.165, 1.54) is 0 Å². The lowest BCUT2D eigenvalue weighted by Gasteiger charge is -2.29. The third-order valence-electron chi connectivity index (χ3n) is 2.17. The molecular formula is C12H26O2Si. The largest absolute Gasteiger partial charge is 0.394 e. The van der Waals surface area contributed by atoms with Gasteiger partial charge in [0, 0.05) is 17.7 Å². The Morgan fingerprint density at radius 3 is 1.53 bits per heavy atom. The molecule has 0 N–H and O–H groups in total. The molecule has 0 bridgehead atoms. The second-order valence-corrected chi connectivity index (χ2v) is 6.85. The van der Waals surface area contributed by atoms with Crippen molar-refractivity contribution in [2.45, 2.75) is 59.3 Å². The molecule has 0 saturated carbocycles. The molecule has 0 radical (unpaired) electrons. The van der Waals surface area contributed by atoms with Gasteiger partial charge in [0.05, 0.1) is 0 Å². The molecule has 3 heteroatoms. The minimum absolute atomic E-state index is 0.238. The van der Waals surface area contributed by atoms with Crippen molar-refractivity contribution in [3.8, 4) is 0 Å². The van der Waals surface area contributed by atoms with E-state index in [0.717, 1.165) is 0 Å². The molecule has 1 atom stereocenters. The van der Waals surface area contributed by atoms with Crippen LogP contribution in [0.2, 0.25) is 5.54 Å². The van der Waals surface area contributed by atoms with Crippen LogP contribution in [-0.2, 0) is 8.85 Å². The van der Waals surface area contributed by atoms with Gasteiger partial charge >= 0.3 is 9.28 Å². The summed E-state index contributed by atoms with van der Waals surface area (Å²) >= 11 is 0. The van der Waals surface area contributed by atoms with E-state index in [1.807, 2.05) is 6.08 Å². The van der Waals surface area contributed by atoms with Gasteiger partial charge in [-0.3, -0.25) is 0 Å². The van der Waals surface area contributed by atoms with Gasteiger partial charge in [0.1, 0.15) is 0 Å². The minimum atomic E-state index is -1.64. The Hall–Kier alpha value is -0.123. The average molecular weight is 230 g/mol. The van der Waals surface area contributed by atoms with Gasteiger partial charge in [-0.15, -0.1) is 6.58 Å². The van der Waals surface area contributed by atoms with Crippen molar-refractivity contribution in [2.75, 3.05) is 0 Å². The fourth-order valence-corrected chi connectivity index (χ4v) is 3.80. The average Bonchev–Trinajstić information content (AvgIpc) is 2.01. The predicted octanol–water partition coefficient (Wildman–Crippen LogP) is 3.27. The summed E-state index contributed by atoms with van der Waals surface area (Å²) in [5, 5.41) is 0. The molecule has 15 heavy (non-hydrogen) atoms. The van der Waals surface area contributed by atoms with Crippen LogP contribution in [-0.4, -0.2) is 21.5 Å². The zero-order valence-corrected chi connectivity index (χ0v) is 12.1. The molecule has 0 saturated heterocycles. The Morgan fingerprint density at radius 1 is 0.933 bits per heavy atom. The molecule has 0 aliphatic carbocycles. The lowest BCUT2D eigenvalue weighted by molar-refractivity contribution is 0.122. The first-order valence-electron chi connectivity index (χ1n) is 5.82. The van der Waals surface area contributed by atoms with Crippen molar-refractivity contribution < 1.29 is 8.85 Å². The fraction of sp³-hybridized carbons (Fsp3) is 0.833. The maximum Gasteiger partial charge on any atom is 0.329 e. The third-order valence-corrected chi connectivity index (χ3v) is 5.46. The van der Waals surface area contributed by atoms with E-state index < -0.39 is 9.28 Å². The van der Waals surface area contributed by atoms with Crippen LogP contribution in [0.3, 0.4) is 0 Å². The van der Waals surface area contributed by atoms with Crippen LogP contribution in [0, 0.1) is 5.92 Å². The zero-order chi connectivity index (χ0) is 12.0. The predicted molar refractivity (Wildman–Crippen MR) is 68.4 cm³/mol. The lowest BCUT2D eigenvalue weighted by atomic mass is 10.1. The molecule has 0 aliphatic heterocycles. The highest BCUT2D eigenvalue weighted by atomic mass is 28.3. The van der Waals surface area contributed by atoms with Crippen molar-refractivity contribution >= 4 is 9.28 Å². The smallest absolute Gasteiger partial charge is 0.329 e. The van der Waals surface area contributed by atoms with E-state index in [0.29, 0.717) is 11.5 Å². The zero-order valence-electron chi connectivity index (χ0n) is 11.0. The van der Waals surface area contributed by atoms with Gasteiger partial charge < -0.3 is 8.85 Å². The second-order valence-electron chi connectivity index (χ2n) is 4.80. The summed E-state index contributed by atoms with van der Waals surface area (Å²) in [6, 6.07) is 0. The topological polar surface area (TPSA) is 18.5 Å². The second kappa shape index (κ2) is 7.20. The number of allylic oxidation sites excluding steroid dienone is 1. The van der Waals surface area contributed by atoms with Crippen molar-refractivity contribution in [3.63, 3.8) is 0 Å². The van der Waals surface area contributed by atoms with Gasteiger partial charge in [0.2, 0.25) is 0 Å². The molecule has 1 unspecified atom stereocenters. The van der Waals surface area contributed by atoms with Crippen molar-refractivity contribution in [2.24, 2.45) is 5.92 Å². The van der Waals surface area contributed by atoms with Crippen LogP contribution < -0.4 is 0 Å². The van der Waals surface area contributed by atoms with E-state index in [9.17, 15) is 0 Å². The molecule has 0 amide bonds. The van der Waals surface area contributed by atoms with Crippen LogP contribution >= 0.6 is 0 Å². The van der Waals surface area contributed by atoms with Gasteiger partial charge in [-0.2, -0.15) is 0 Å². The minimum Gasteiger partial charge on any atom is -0.394 e. The highest BCUT2D eigenvalue weighted by molar-refractivity contribution is 6.47. The highest BCUT2D eigenvalue weighted by Gasteiger charge is 2.28. The van der Waals surface area contributed by atoms with Crippen molar-refractivity contribution in [1.82, 2.24) is 0 Å². The van der Waals surface area contributed by atoms with E-state index in [2.05, 4.69) is 48.1 Å². The Labute approximate surface area is 96.5 Å². The van der Waals surface area contributed by atoms with Crippen LogP contribution in [0.1, 0.15) is 41.5 Å².